The first kappa shape index (κ1) is 20.3. The van der Waals surface area contributed by atoms with Crippen molar-refractivity contribution in [3.63, 3.8) is 0 Å². The van der Waals surface area contributed by atoms with Gasteiger partial charge in [0.15, 0.2) is 0 Å². The van der Waals surface area contributed by atoms with Crippen LogP contribution in [-0.4, -0.2) is 33.6 Å². The number of carboxylic acids is 1. The number of aryl methyl sites for hydroxylation is 1. The monoisotopic (exact) mass is 374 g/mol. The Kier molecular flexibility index (Phi) is 5.78. The molecule has 0 aliphatic carbocycles. The van der Waals surface area contributed by atoms with Gasteiger partial charge in [-0.2, -0.15) is 0 Å². The molecule has 8 nitrogen and oxygen atoms in total. The average Bonchev–Trinajstić information content (AvgIpc) is 2.57. The van der Waals surface area contributed by atoms with E-state index in [1.807, 2.05) is 20.8 Å². The number of hydrogen-bond acceptors (Lipinski definition) is 6. The molecule has 2 aromatic rings. The Morgan fingerprint density at radius 3 is 2.48 bits per heavy atom. The van der Waals surface area contributed by atoms with Crippen LogP contribution in [0.3, 0.4) is 0 Å². The minimum Gasteiger partial charge on any atom is -0.481 e. The highest BCUT2D eigenvalue weighted by Gasteiger charge is 2.29. The molecule has 0 spiro atoms. The predicted molar refractivity (Wildman–Crippen MR) is 99.0 cm³/mol. The van der Waals surface area contributed by atoms with Crippen LogP contribution >= 0.6 is 0 Å². The molecule has 0 unspecified atom stereocenters. The summed E-state index contributed by atoms with van der Waals surface area (Å²) in [5, 5.41) is 20.7. The van der Waals surface area contributed by atoms with E-state index < -0.39 is 22.3 Å². The lowest BCUT2D eigenvalue weighted by Crippen LogP contribution is -2.23. The van der Waals surface area contributed by atoms with Gasteiger partial charge in [0, 0.05) is 29.4 Å². The Labute approximate surface area is 156 Å². The van der Waals surface area contributed by atoms with E-state index in [1.165, 1.54) is 18.2 Å². The maximum absolute atomic E-state index is 12.7. The zero-order valence-electron chi connectivity index (χ0n) is 15.7. The standard InChI is InChI=1S/C19H22N2O6/c1-5-27-18(24)16-13(8-9-15(22)23)12-7-6-11(21(25)26)10-14(12)20-17(16)19(2,3)4/h6-7,10H,5,8-9H2,1-4H3,(H,22,23). The molecule has 8 heteroatoms. The second kappa shape index (κ2) is 7.69. The first-order valence-corrected chi connectivity index (χ1v) is 8.56. The molecule has 27 heavy (non-hydrogen) atoms. The summed E-state index contributed by atoms with van der Waals surface area (Å²) in [6, 6.07) is 4.16. The number of fused-ring (bicyclic) bond motifs is 1. The third-order valence-corrected chi connectivity index (χ3v) is 4.07. The van der Waals surface area contributed by atoms with E-state index >= 15 is 0 Å². The van der Waals surface area contributed by atoms with Crippen LogP contribution in [0, 0.1) is 10.1 Å². The third-order valence-electron chi connectivity index (χ3n) is 4.07. The van der Waals surface area contributed by atoms with Gasteiger partial charge in [-0.3, -0.25) is 19.9 Å². The van der Waals surface area contributed by atoms with Gasteiger partial charge in [0.1, 0.15) is 0 Å². The van der Waals surface area contributed by atoms with Crippen LogP contribution < -0.4 is 0 Å². The van der Waals surface area contributed by atoms with Gasteiger partial charge in [0.2, 0.25) is 0 Å². The molecule has 0 aliphatic rings. The van der Waals surface area contributed by atoms with Crippen LogP contribution in [0.15, 0.2) is 18.2 Å². The van der Waals surface area contributed by atoms with Gasteiger partial charge >= 0.3 is 11.9 Å². The van der Waals surface area contributed by atoms with E-state index in [-0.39, 0.29) is 30.7 Å². The number of benzene rings is 1. The SMILES string of the molecule is CCOC(=O)c1c(C(C)(C)C)nc2cc([N+](=O)[O-])ccc2c1CCC(=O)O. The fourth-order valence-corrected chi connectivity index (χ4v) is 2.89. The van der Waals surface area contributed by atoms with Gasteiger partial charge in [-0.25, -0.2) is 4.79 Å². The summed E-state index contributed by atoms with van der Waals surface area (Å²) in [6.45, 7) is 7.44. The summed E-state index contributed by atoms with van der Waals surface area (Å²) in [4.78, 5) is 38.9. The Morgan fingerprint density at radius 2 is 1.96 bits per heavy atom. The normalized spacial score (nSPS) is 11.4. The molecular weight excluding hydrogens is 352 g/mol. The number of esters is 1. The van der Waals surface area contributed by atoms with Crippen LogP contribution in [0.1, 0.15) is 55.7 Å². The maximum Gasteiger partial charge on any atom is 0.340 e. The first-order valence-electron chi connectivity index (χ1n) is 8.56. The number of nitrogens with zero attached hydrogens (tertiary/aromatic N) is 2. The van der Waals surface area contributed by atoms with Gasteiger partial charge in [0.05, 0.1) is 28.3 Å². The number of nitro benzene ring substituents is 1. The second-order valence-electron chi connectivity index (χ2n) is 7.14. The zero-order valence-corrected chi connectivity index (χ0v) is 15.7. The highest BCUT2D eigenvalue weighted by atomic mass is 16.6. The highest BCUT2D eigenvalue weighted by molar-refractivity contribution is 5.99. The molecule has 0 fully saturated rings. The lowest BCUT2D eigenvalue weighted by atomic mass is 9.84. The summed E-state index contributed by atoms with van der Waals surface area (Å²) in [5.74, 6) is -1.58. The molecule has 1 heterocycles. The number of aliphatic carboxylic acids is 1. The van der Waals surface area contributed by atoms with Gasteiger partial charge in [-0.05, 0) is 25.0 Å². The third kappa shape index (κ3) is 4.39. The topological polar surface area (TPSA) is 120 Å². The number of carboxylic acid groups (broad SMARTS) is 1. The molecule has 0 saturated carbocycles. The predicted octanol–water partition coefficient (Wildman–Crippen LogP) is 3.63. The quantitative estimate of drug-likeness (QED) is 0.465. The molecule has 0 bridgehead atoms. The lowest BCUT2D eigenvalue weighted by molar-refractivity contribution is -0.384. The molecule has 0 amide bonds. The fraction of sp³-hybridized carbons (Fsp3) is 0.421. The lowest BCUT2D eigenvalue weighted by Gasteiger charge is -2.24. The molecule has 2 rings (SSSR count). The number of ether oxygens (including phenoxy) is 1. The minimum atomic E-state index is -1.01. The molecular formula is C19H22N2O6. The molecule has 1 aromatic carbocycles. The van der Waals surface area contributed by atoms with Crippen molar-refractivity contribution < 1.29 is 24.4 Å². The first-order chi connectivity index (χ1) is 12.6. The van der Waals surface area contributed by atoms with Crippen LogP contribution in [0.4, 0.5) is 5.69 Å². The van der Waals surface area contributed by atoms with E-state index in [0.717, 1.165) is 0 Å². The molecule has 0 saturated heterocycles. The van der Waals surface area contributed by atoms with Crippen LogP contribution in [-0.2, 0) is 21.4 Å². The molecule has 0 radical (unpaired) electrons. The van der Waals surface area contributed by atoms with E-state index in [0.29, 0.717) is 22.2 Å². The van der Waals surface area contributed by atoms with Crippen molar-refractivity contribution in [2.45, 2.75) is 46.0 Å². The zero-order chi connectivity index (χ0) is 20.4. The van der Waals surface area contributed by atoms with Gasteiger partial charge in [0.25, 0.3) is 5.69 Å². The van der Waals surface area contributed by atoms with Crippen molar-refractivity contribution >= 4 is 28.5 Å². The van der Waals surface area contributed by atoms with Crippen molar-refractivity contribution in [2.24, 2.45) is 0 Å². The smallest absolute Gasteiger partial charge is 0.340 e. The average molecular weight is 374 g/mol. The largest absolute Gasteiger partial charge is 0.481 e. The van der Waals surface area contributed by atoms with Crippen LogP contribution in [0.2, 0.25) is 0 Å². The number of pyridine rings is 1. The fourth-order valence-electron chi connectivity index (χ4n) is 2.89. The minimum absolute atomic E-state index is 0.0867. The van der Waals surface area contributed by atoms with Crippen LogP contribution in [0.25, 0.3) is 10.9 Å². The van der Waals surface area contributed by atoms with E-state index in [2.05, 4.69) is 4.98 Å². The number of carbonyl (C=O) groups excluding carboxylic acids is 1. The molecule has 0 aliphatic heterocycles. The number of aromatic nitrogens is 1. The van der Waals surface area contributed by atoms with E-state index in [4.69, 9.17) is 9.84 Å². The molecule has 1 aromatic heterocycles. The van der Waals surface area contributed by atoms with Gasteiger partial charge < -0.3 is 9.84 Å². The summed E-state index contributed by atoms with van der Waals surface area (Å²) in [5.41, 5.74) is 0.825. The van der Waals surface area contributed by atoms with Crippen molar-refractivity contribution in [3.05, 3.63) is 45.1 Å². The van der Waals surface area contributed by atoms with Crippen molar-refractivity contribution in [2.75, 3.05) is 6.61 Å². The van der Waals surface area contributed by atoms with Crippen LogP contribution in [0.5, 0.6) is 0 Å². The van der Waals surface area contributed by atoms with Gasteiger partial charge in [-0.1, -0.05) is 20.8 Å². The highest BCUT2D eigenvalue weighted by Crippen LogP contribution is 2.34. The Hall–Kier alpha value is -3.03. The number of nitro groups is 1. The van der Waals surface area contributed by atoms with Crippen molar-refractivity contribution in [1.29, 1.82) is 0 Å². The second-order valence-corrected chi connectivity index (χ2v) is 7.14. The Bertz CT molecular complexity index is 915. The Morgan fingerprint density at radius 1 is 1.30 bits per heavy atom. The summed E-state index contributed by atoms with van der Waals surface area (Å²) in [7, 11) is 0. The van der Waals surface area contributed by atoms with Gasteiger partial charge in [-0.15, -0.1) is 0 Å². The summed E-state index contributed by atoms with van der Waals surface area (Å²) < 4.78 is 5.19. The Balaban J connectivity index is 2.88. The molecule has 1 N–H and O–H groups in total. The van der Waals surface area contributed by atoms with Crippen molar-refractivity contribution in [1.82, 2.24) is 4.98 Å². The number of rotatable bonds is 6. The molecule has 144 valence electrons. The number of hydrogen-bond donors (Lipinski definition) is 1. The maximum atomic E-state index is 12.7. The van der Waals surface area contributed by atoms with E-state index in [9.17, 15) is 19.7 Å². The molecule has 0 atom stereocenters. The van der Waals surface area contributed by atoms with Crippen molar-refractivity contribution in [3.8, 4) is 0 Å². The summed E-state index contributed by atoms with van der Waals surface area (Å²) >= 11 is 0. The van der Waals surface area contributed by atoms with E-state index in [1.54, 1.807) is 6.92 Å². The number of carbonyl (C=O) groups is 2. The number of non-ortho nitro benzene ring substituents is 1. The summed E-state index contributed by atoms with van der Waals surface area (Å²) in [6.07, 6.45) is -0.102.